The summed E-state index contributed by atoms with van der Waals surface area (Å²) in [5, 5.41) is 0.828. The molecule has 0 aliphatic rings. The van der Waals surface area contributed by atoms with Crippen LogP contribution in [0.2, 0.25) is 5.02 Å². The van der Waals surface area contributed by atoms with E-state index in [0.717, 1.165) is 5.02 Å². The van der Waals surface area contributed by atoms with Crippen LogP contribution >= 0.6 is 11.6 Å². The molecule has 0 aromatic heterocycles. The highest BCUT2D eigenvalue weighted by molar-refractivity contribution is 6.30. The van der Waals surface area contributed by atoms with Crippen LogP contribution in [0.4, 0.5) is 0 Å². The fraction of sp³-hybridized carbons (Fsp3) is 0.538. The number of unbranched alkanes of at least 4 members (excludes halogenated alkanes) is 2. The smallest absolute Gasteiger partial charge is 0.0406 e. The van der Waals surface area contributed by atoms with Gasteiger partial charge in [0, 0.05) is 5.02 Å². The lowest BCUT2D eigenvalue weighted by atomic mass is 9.95. The Hall–Kier alpha value is -0.490. The molecule has 0 amide bonds. The Morgan fingerprint density at radius 3 is 2.36 bits per heavy atom. The molecule has 1 atom stereocenters. The molecule has 14 heavy (non-hydrogen) atoms. The van der Waals surface area contributed by atoms with Crippen LogP contribution in [-0.2, 0) is 0 Å². The first kappa shape index (κ1) is 11.6. The van der Waals surface area contributed by atoms with E-state index in [2.05, 4.69) is 26.0 Å². The average Bonchev–Trinajstić information content (AvgIpc) is 2.19. The van der Waals surface area contributed by atoms with Crippen LogP contribution in [0.1, 0.15) is 51.0 Å². The normalized spacial score (nSPS) is 12.8. The molecule has 0 aliphatic carbocycles. The number of hydrogen-bond acceptors (Lipinski definition) is 0. The van der Waals surface area contributed by atoms with E-state index in [4.69, 9.17) is 11.6 Å². The van der Waals surface area contributed by atoms with Gasteiger partial charge in [0.2, 0.25) is 0 Å². The maximum Gasteiger partial charge on any atom is 0.0406 e. The molecule has 1 heteroatoms. The molecule has 0 radical (unpaired) electrons. The third-order valence-corrected chi connectivity index (χ3v) is 2.93. The first-order chi connectivity index (χ1) is 6.74. The fourth-order valence-corrected chi connectivity index (χ4v) is 1.78. The number of benzene rings is 1. The number of rotatable bonds is 5. The van der Waals surface area contributed by atoms with Crippen LogP contribution in [0.3, 0.4) is 0 Å². The molecule has 0 spiro atoms. The average molecular weight is 211 g/mol. The van der Waals surface area contributed by atoms with Gasteiger partial charge in [-0.1, -0.05) is 56.8 Å². The van der Waals surface area contributed by atoms with Crippen molar-refractivity contribution in [3.63, 3.8) is 0 Å². The Morgan fingerprint density at radius 2 is 1.79 bits per heavy atom. The zero-order chi connectivity index (χ0) is 10.4. The molecule has 0 N–H and O–H groups in total. The maximum atomic E-state index is 5.84. The fourth-order valence-electron chi connectivity index (χ4n) is 1.66. The van der Waals surface area contributed by atoms with Crippen molar-refractivity contribution in [1.29, 1.82) is 0 Å². The Morgan fingerprint density at radius 1 is 1.14 bits per heavy atom. The second-order valence-corrected chi connectivity index (χ2v) is 4.38. The topological polar surface area (TPSA) is 0 Å². The van der Waals surface area contributed by atoms with Crippen molar-refractivity contribution in [2.75, 3.05) is 0 Å². The lowest BCUT2D eigenvalue weighted by Crippen LogP contribution is -1.93. The van der Waals surface area contributed by atoms with Crippen LogP contribution in [-0.4, -0.2) is 0 Å². The summed E-state index contributed by atoms with van der Waals surface area (Å²) in [5.74, 6) is 0.666. The summed E-state index contributed by atoms with van der Waals surface area (Å²) in [6, 6.07) is 8.23. The Kier molecular flexibility index (Phi) is 5.03. The van der Waals surface area contributed by atoms with Gasteiger partial charge in [-0.15, -0.1) is 0 Å². The van der Waals surface area contributed by atoms with Gasteiger partial charge in [0.15, 0.2) is 0 Å². The quantitative estimate of drug-likeness (QED) is 0.599. The van der Waals surface area contributed by atoms with Gasteiger partial charge in [-0.2, -0.15) is 0 Å². The lowest BCUT2D eigenvalue weighted by molar-refractivity contribution is 0.598. The molecule has 0 bridgehead atoms. The van der Waals surface area contributed by atoms with E-state index in [9.17, 15) is 0 Å². The van der Waals surface area contributed by atoms with Crippen molar-refractivity contribution in [3.05, 3.63) is 34.9 Å². The van der Waals surface area contributed by atoms with Crippen molar-refractivity contribution >= 4 is 11.6 Å². The van der Waals surface area contributed by atoms with Crippen molar-refractivity contribution < 1.29 is 0 Å². The van der Waals surface area contributed by atoms with Gasteiger partial charge in [0.25, 0.3) is 0 Å². The predicted octanol–water partition coefficient (Wildman–Crippen LogP) is 5.02. The largest absolute Gasteiger partial charge is 0.0843 e. The van der Waals surface area contributed by atoms with Gasteiger partial charge < -0.3 is 0 Å². The molecule has 0 fully saturated rings. The van der Waals surface area contributed by atoms with Crippen LogP contribution in [0.5, 0.6) is 0 Å². The van der Waals surface area contributed by atoms with E-state index < -0.39 is 0 Å². The van der Waals surface area contributed by atoms with E-state index in [1.807, 2.05) is 12.1 Å². The minimum absolute atomic E-state index is 0.666. The van der Waals surface area contributed by atoms with E-state index in [1.54, 1.807) is 0 Å². The van der Waals surface area contributed by atoms with Gasteiger partial charge in [-0.05, 0) is 30.0 Å². The Labute approximate surface area is 92.3 Å². The summed E-state index contributed by atoms with van der Waals surface area (Å²) in [5.41, 5.74) is 1.41. The number of halogens is 1. The zero-order valence-corrected chi connectivity index (χ0v) is 9.85. The molecule has 1 aromatic rings. The molecule has 0 saturated heterocycles. The molecular weight excluding hydrogens is 192 g/mol. The van der Waals surface area contributed by atoms with Gasteiger partial charge in [-0.25, -0.2) is 0 Å². The van der Waals surface area contributed by atoms with E-state index in [1.165, 1.54) is 31.2 Å². The zero-order valence-electron chi connectivity index (χ0n) is 9.09. The molecule has 0 heterocycles. The van der Waals surface area contributed by atoms with Crippen molar-refractivity contribution in [2.45, 2.75) is 45.4 Å². The molecule has 0 saturated carbocycles. The molecular formula is C13H19Cl. The second kappa shape index (κ2) is 6.08. The number of hydrogen-bond donors (Lipinski definition) is 0. The SMILES string of the molecule is CCCCCC(C)c1ccc(Cl)cc1. The van der Waals surface area contributed by atoms with Crippen LogP contribution < -0.4 is 0 Å². The molecule has 1 unspecified atom stereocenters. The van der Waals surface area contributed by atoms with Crippen molar-refractivity contribution in [2.24, 2.45) is 0 Å². The predicted molar refractivity (Wildman–Crippen MR) is 64.0 cm³/mol. The highest BCUT2D eigenvalue weighted by atomic mass is 35.5. The molecule has 78 valence electrons. The summed E-state index contributed by atoms with van der Waals surface area (Å²) >= 11 is 5.84. The van der Waals surface area contributed by atoms with Gasteiger partial charge in [0.1, 0.15) is 0 Å². The summed E-state index contributed by atoms with van der Waals surface area (Å²) in [6.07, 6.45) is 5.26. The van der Waals surface area contributed by atoms with Crippen LogP contribution in [0.15, 0.2) is 24.3 Å². The molecule has 0 nitrogen and oxygen atoms in total. The maximum absolute atomic E-state index is 5.84. The van der Waals surface area contributed by atoms with Gasteiger partial charge in [0.05, 0.1) is 0 Å². The van der Waals surface area contributed by atoms with E-state index in [0.29, 0.717) is 5.92 Å². The Balaban J connectivity index is 2.43. The van der Waals surface area contributed by atoms with Gasteiger partial charge in [-0.3, -0.25) is 0 Å². The van der Waals surface area contributed by atoms with Gasteiger partial charge >= 0.3 is 0 Å². The lowest BCUT2D eigenvalue weighted by Gasteiger charge is -2.11. The van der Waals surface area contributed by atoms with Crippen molar-refractivity contribution in [3.8, 4) is 0 Å². The minimum atomic E-state index is 0.666. The van der Waals surface area contributed by atoms with E-state index >= 15 is 0 Å². The third-order valence-electron chi connectivity index (χ3n) is 2.68. The molecule has 1 aromatic carbocycles. The highest BCUT2D eigenvalue weighted by Gasteiger charge is 2.04. The van der Waals surface area contributed by atoms with Crippen molar-refractivity contribution in [1.82, 2.24) is 0 Å². The van der Waals surface area contributed by atoms with E-state index in [-0.39, 0.29) is 0 Å². The third kappa shape index (κ3) is 3.71. The first-order valence-corrected chi connectivity index (χ1v) is 5.87. The molecule has 0 aliphatic heterocycles. The minimum Gasteiger partial charge on any atom is -0.0843 e. The standard InChI is InChI=1S/C13H19Cl/c1-3-4-5-6-11(2)12-7-9-13(14)10-8-12/h7-11H,3-6H2,1-2H3. The summed E-state index contributed by atoms with van der Waals surface area (Å²) < 4.78 is 0. The Bertz CT molecular complexity index is 250. The summed E-state index contributed by atoms with van der Waals surface area (Å²) in [4.78, 5) is 0. The second-order valence-electron chi connectivity index (χ2n) is 3.95. The summed E-state index contributed by atoms with van der Waals surface area (Å²) in [6.45, 7) is 4.53. The summed E-state index contributed by atoms with van der Waals surface area (Å²) in [7, 11) is 0. The van der Waals surface area contributed by atoms with Crippen LogP contribution in [0, 0.1) is 0 Å². The molecule has 1 rings (SSSR count). The first-order valence-electron chi connectivity index (χ1n) is 5.49. The monoisotopic (exact) mass is 210 g/mol. The van der Waals surface area contributed by atoms with Crippen LogP contribution in [0.25, 0.3) is 0 Å². The highest BCUT2D eigenvalue weighted by Crippen LogP contribution is 2.23.